The fourth-order valence-electron chi connectivity index (χ4n) is 2.05. The second-order valence-electron chi connectivity index (χ2n) is 4.98. The van der Waals surface area contributed by atoms with E-state index < -0.39 is 0 Å². The van der Waals surface area contributed by atoms with Crippen molar-refractivity contribution in [2.75, 3.05) is 7.11 Å². The minimum Gasteiger partial charge on any atom is -0.493 e. The van der Waals surface area contributed by atoms with Crippen LogP contribution in [0.4, 0.5) is 0 Å². The molecule has 0 amide bonds. The first-order valence-corrected chi connectivity index (χ1v) is 7.29. The van der Waals surface area contributed by atoms with Crippen LogP contribution in [0.2, 0.25) is 5.15 Å². The minimum absolute atomic E-state index is 0.162. The van der Waals surface area contributed by atoms with Crippen molar-refractivity contribution in [3.05, 3.63) is 40.8 Å². The van der Waals surface area contributed by atoms with Gasteiger partial charge in [0.1, 0.15) is 11.5 Å². The maximum absolute atomic E-state index is 6.15. The highest BCUT2D eigenvalue weighted by Crippen LogP contribution is 2.36. The van der Waals surface area contributed by atoms with Crippen LogP contribution in [0.3, 0.4) is 0 Å². The van der Waals surface area contributed by atoms with Crippen LogP contribution >= 0.6 is 11.6 Å². The molecular formula is C16H19ClN2O2. The van der Waals surface area contributed by atoms with Gasteiger partial charge in [-0.2, -0.15) is 0 Å². The van der Waals surface area contributed by atoms with Gasteiger partial charge in [-0.3, -0.25) is 0 Å². The Hall–Kier alpha value is -1.81. The van der Waals surface area contributed by atoms with E-state index in [-0.39, 0.29) is 5.92 Å². The van der Waals surface area contributed by atoms with Gasteiger partial charge in [0.25, 0.3) is 0 Å². The lowest BCUT2D eigenvalue weighted by molar-refractivity contribution is 0.371. The third-order valence-corrected chi connectivity index (χ3v) is 3.52. The van der Waals surface area contributed by atoms with E-state index in [4.69, 9.17) is 21.1 Å². The largest absolute Gasteiger partial charge is 0.493 e. The monoisotopic (exact) mass is 306 g/mol. The number of hydrogen-bond acceptors (Lipinski definition) is 4. The summed E-state index contributed by atoms with van der Waals surface area (Å²) < 4.78 is 11.3. The number of rotatable bonds is 5. The van der Waals surface area contributed by atoms with Crippen molar-refractivity contribution in [2.45, 2.75) is 33.1 Å². The lowest BCUT2D eigenvalue weighted by atomic mass is 10.1. The van der Waals surface area contributed by atoms with E-state index in [1.54, 1.807) is 7.11 Å². The average molecular weight is 307 g/mol. The van der Waals surface area contributed by atoms with Crippen molar-refractivity contribution in [3.8, 4) is 17.4 Å². The van der Waals surface area contributed by atoms with Crippen LogP contribution in [0.1, 0.15) is 37.8 Å². The molecule has 0 saturated heterocycles. The molecular weight excluding hydrogens is 288 g/mol. The minimum atomic E-state index is 0.162. The molecule has 112 valence electrons. The molecule has 0 unspecified atom stereocenters. The molecule has 2 aromatic rings. The normalized spacial score (nSPS) is 10.8. The quantitative estimate of drug-likeness (QED) is 0.756. The van der Waals surface area contributed by atoms with Gasteiger partial charge in [-0.05, 0) is 30.0 Å². The van der Waals surface area contributed by atoms with E-state index in [0.717, 1.165) is 12.0 Å². The van der Waals surface area contributed by atoms with Crippen LogP contribution in [0.15, 0.2) is 24.5 Å². The Labute approximate surface area is 130 Å². The van der Waals surface area contributed by atoms with Gasteiger partial charge in [-0.25, -0.2) is 9.97 Å². The maximum atomic E-state index is 6.15. The summed E-state index contributed by atoms with van der Waals surface area (Å²) in [6.07, 6.45) is 2.34. The highest BCUT2D eigenvalue weighted by atomic mass is 35.5. The molecule has 4 nitrogen and oxygen atoms in total. The predicted molar refractivity (Wildman–Crippen MR) is 83.6 cm³/mol. The molecule has 21 heavy (non-hydrogen) atoms. The summed E-state index contributed by atoms with van der Waals surface area (Å²) in [5.41, 5.74) is 1.98. The van der Waals surface area contributed by atoms with Crippen LogP contribution < -0.4 is 9.47 Å². The third-order valence-electron chi connectivity index (χ3n) is 3.22. The van der Waals surface area contributed by atoms with Gasteiger partial charge in [0.2, 0.25) is 5.88 Å². The molecule has 0 bridgehead atoms. The number of hydrogen-bond donors (Lipinski definition) is 0. The molecule has 0 N–H and O–H groups in total. The molecule has 1 aromatic heterocycles. The van der Waals surface area contributed by atoms with Crippen LogP contribution in [0.25, 0.3) is 0 Å². The second-order valence-corrected chi connectivity index (χ2v) is 5.34. The average Bonchev–Trinajstić information content (AvgIpc) is 2.47. The molecule has 0 aliphatic carbocycles. The van der Waals surface area contributed by atoms with Crippen molar-refractivity contribution < 1.29 is 9.47 Å². The summed E-state index contributed by atoms with van der Waals surface area (Å²) in [7, 11) is 1.62. The molecule has 5 heteroatoms. The molecule has 2 rings (SSSR count). The van der Waals surface area contributed by atoms with Crippen LogP contribution in [-0.4, -0.2) is 17.1 Å². The first-order valence-electron chi connectivity index (χ1n) is 6.92. The van der Waals surface area contributed by atoms with Gasteiger partial charge in [0.15, 0.2) is 11.5 Å². The molecule has 0 radical (unpaired) electrons. The molecule has 0 aliphatic rings. The Morgan fingerprint density at radius 3 is 2.57 bits per heavy atom. The standard InChI is InChI=1S/C16H19ClN2O2/c1-5-11-6-7-12(13(8-11)20-4)21-16-14(10(2)3)15(17)18-9-19-16/h6-10H,5H2,1-4H3. The molecule has 0 saturated carbocycles. The number of aromatic nitrogens is 2. The smallest absolute Gasteiger partial charge is 0.227 e. The van der Waals surface area contributed by atoms with Gasteiger partial charge < -0.3 is 9.47 Å². The van der Waals surface area contributed by atoms with Crippen LogP contribution in [-0.2, 0) is 6.42 Å². The Morgan fingerprint density at radius 1 is 1.19 bits per heavy atom. The van der Waals surface area contributed by atoms with Gasteiger partial charge in [-0.15, -0.1) is 0 Å². The van der Waals surface area contributed by atoms with E-state index in [1.807, 2.05) is 32.0 Å². The van der Waals surface area contributed by atoms with Crippen molar-refractivity contribution in [1.29, 1.82) is 0 Å². The van der Waals surface area contributed by atoms with Crippen molar-refractivity contribution in [2.24, 2.45) is 0 Å². The molecule has 0 aliphatic heterocycles. The number of halogens is 1. The lowest BCUT2D eigenvalue weighted by Crippen LogP contribution is -2.01. The summed E-state index contributed by atoms with van der Waals surface area (Å²) in [6, 6.07) is 5.86. The van der Waals surface area contributed by atoms with Gasteiger partial charge in [0, 0.05) is 0 Å². The summed E-state index contributed by atoms with van der Waals surface area (Å²) >= 11 is 6.15. The fourth-order valence-corrected chi connectivity index (χ4v) is 2.39. The second kappa shape index (κ2) is 6.76. The predicted octanol–water partition coefficient (Wildman–Crippen LogP) is 4.62. The molecule has 0 fully saturated rings. The third kappa shape index (κ3) is 3.45. The highest BCUT2D eigenvalue weighted by Gasteiger charge is 2.17. The maximum Gasteiger partial charge on any atom is 0.227 e. The Morgan fingerprint density at radius 2 is 1.95 bits per heavy atom. The number of ether oxygens (including phenoxy) is 2. The molecule has 1 aromatic carbocycles. The first-order chi connectivity index (χ1) is 10.1. The highest BCUT2D eigenvalue weighted by molar-refractivity contribution is 6.30. The molecule has 1 heterocycles. The zero-order valence-electron chi connectivity index (χ0n) is 12.7. The van der Waals surface area contributed by atoms with Gasteiger partial charge >= 0.3 is 0 Å². The molecule has 0 atom stereocenters. The number of benzene rings is 1. The van der Waals surface area contributed by atoms with Crippen LogP contribution in [0.5, 0.6) is 17.4 Å². The molecule has 0 spiro atoms. The Kier molecular flexibility index (Phi) is 5.02. The number of methoxy groups -OCH3 is 1. The van der Waals surface area contributed by atoms with E-state index in [1.165, 1.54) is 11.9 Å². The van der Waals surface area contributed by atoms with Crippen molar-refractivity contribution in [1.82, 2.24) is 9.97 Å². The van der Waals surface area contributed by atoms with Crippen molar-refractivity contribution in [3.63, 3.8) is 0 Å². The Balaban J connectivity index is 2.41. The lowest BCUT2D eigenvalue weighted by Gasteiger charge is -2.15. The van der Waals surface area contributed by atoms with Gasteiger partial charge in [0.05, 0.1) is 12.7 Å². The summed E-state index contributed by atoms with van der Waals surface area (Å²) in [5.74, 6) is 1.92. The van der Waals surface area contributed by atoms with Crippen LogP contribution in [0, 0.1) is 0 Å². The first kappa shape index (κ1) is 15.6. The fraction of sp³-hybridized carbons (Fsp3) is 0.375. The van der Waals surface area contributed by atoms with Gasteiger partial charge in [-0.1, -0.05) is 38.4 Å². The summed E-state index contributed by atoms with van der Waals surface area (Å²) in [5, 5.41) is 0.416. The van der Waals surface area contributed by atoms with E-state index in [2.05, 4.69) is 16.9 Å². The number of aryl methyl sites for hydroxylation is 1. The van der Waals surface area contributed by atoms with E-state index >= 15 is 0 Å². The van der Waals surface area contributed by atoms with E-state index in [9.17, 15) is 0 Å². The zero-order chi connectivity index (χ0) is 15.4. The van der Waals surface area contributed by atoms with Crippen molar-refractivity contribution >= 4 is 11.6 Å². The SMILES string of the molecule is CCc1ccc(Oc2ncnc(Cl)c2C(C)C)c(OC)c1. The Bertz CT molecular complexity index is 630. The van der Waals surface area contributed by atoms with E-state index in [0.29, 0.717) is 22.5 Å². The number of nitrogens with zero attached hydrogens (tertiary/aromatic N) is 2. The summed E-state index contributed by atoms with van der Waals surface area (Å²) in [6.45, 7) is 6.14. The topological polar surface area (TPSA) is 44.2 Å². The summed E-state index contributed by atoms with van der Waals surface area (Å²) in [4.78, 5) is 8.22. The zero-order valence-corrected chi connectivity index (χ0v) is 13.4.